The fourth-order valence-electron chi connectivity index (χ4n) is 3.03. The number of hydrogen-bond donors (Lipinski definition) is 1. The topological polar surface area (TPSA) is 102 Å². The van der Waals surface area contributed by atoms with Crippen molar-refractivity contribution in [3.8, 4) is 0 Å². The number of carbonyl (C=O) groups is 2. The summed E-state index contributed by atoms with van der Waals surface area (Å²) in [7, 11) is -3.77. The summed E-state index contributed by atoms with van der Waals surface area (Å²) in [6.45, 7) is 8.33. The Morgan fingerprint density at radius 1 is 1.24 bits per heavy atom. The van der Waals surface area contributed by atoms with E-state index in [9.17, 15) is 18.0 Å². The molecule has 162 valence electrons. The van der Waals surface area contributed by atoms with Gasteiger partial charge in [-0.3, -0.25) is 4.79 Å². The van der Waals surface area contributed by atoms with Gasteiger partial charge in [0.05, 0.1) is 22.7 Å². The van der Waals surface area contributed by atoms with Gasteiger partial charge in [0.2, 0.25) is 10.0 Å². The van der Waals surface area contributed by atoms with Gasteiger partial charge in [-0.1, -0.05) is 19.9 Å². The second-order valence-electron chi connectivity index (χ2n) is 7.72. The van der Waals surface area contributed by atoms with Crippen LogP contribution in [0, 0.1) is 5.92 Å². The second kappa shape index (κ2) is 10.2. The molecule has 1 heterocycles. The number of hydrogen-bond acceptors (Lipinski definition) is 6. The van der Waals surface area contributed by atoms with E-state index in [1.165, 1.54) is 28.6 Å². The number of ether oxygens (including phenoxy) is 2. The van der Waals surface area contributed by atoms with Crippen LogP contribution in [0.15, 0.2) is 29.2 Å². The number of carbonyl (C=O) groups excluding carboxylic acids is 2. The molecule has 8 nitrogen and oxygen atoms in total. The number of benzene rings is 1. The lowest BCUT2D eigenvalue weighted by atomic mass is 10.1. The van der Waals surface area contributed by atoms with E-state index >= 15 is 0 Å². The SMILES string of the molecule is CC(C)CCNC(=O)COC(=O)c1cccc(S(=O)(=O)N2C[C@@H](C)O[C@@H](C)C2)c1. The van der Waals surface area contributed by atoms with Crippen molar-refractivity contribution in [1.29, 1.82) is 0 Å². The van der Waals surface area contributed by atoms with E-state index in [2.05, 4.69) is 5.32 Å². The van der Waals surface area contributed by atoms with Gasteiger partial charge < -0.3 is 14.8 Å². The molecule has 0 radical (unpaired) electrons. The molecule has 2 rings (SSSR count). The van der Waals surface area contributed by atoms with Gasteiger partial charge in [-0.25, -0.2) is 13.2 Å². The van der Waals surface area contributed by atoms with E-state index in [-0.39, 0.29) is 41.7 Å². The van der Waals surface area contributed by atoms with Crippen LogP contribution >= 0.6 is 0 Å². The van der Waals surface area contributed by atoms with Crippen molar-refractivity contribution in [2.75, 3.05) is 26.2 Å². The summed E-state index contributed by atoms with van der Waals surface area (Å²) in [6.07, 6.45) is 0.407. The number of sulfonamides is 1. The fraction of sp³-hybridized carbons (Fsp3) is 0.600. The van der Waals surface area contributed by atoms with E-state index in [1.54, 1.807) is 0 Å². The van der Waals surface area contributed by atoms with Crippen LogP contribution in [-0.4, -0.2) is 63.0 Å². The molecule has 2 atom stereocenters. The van der Waals surface area contributed by atoms with E-state index in [0.29, 0.717) is 12.5 Å². The largest absolute Gasteiger partial charge is 0.452 e. The van der Waals surface area contributed by atoms with E-state index in [0.717, 1.165) is 6.42 Å². The number of rotatable bonds is 8. The minimum absolute atomic E-state index is 0.00892. The molecule has 1 fully saturated rings. The highest BCUT2D eigenvalue weighted by molar-refractivity contribution is 7.89. The summed E-state index contributed by atoms with van der Waals surface area (Å²) < 4.78 is 37.9. The molecule has 1 N–H and O–H groups in total. The highest BCUT2D eigenvalue weighted by Gasteiger charge is 2.32. The van der Waals surface area contributed by atoms with Gasteiger partial charge in [0.25, 0.3) is 5.91 Å². The van der Waals surface area contributed by atoms with Crippen molar-refractivity contribution in [2.24, 2.45) is 5.92 Å². The lowest BCUT2D eigenvalue weighted by Gasteiger charge is -2.34. The molecule has 0 spiro atoms. The van der Waals surface area contributed by atoms with E-state index in [4.69, 9.17) is 9.47 Å². The zero-order chi connectivity index (χ0) is 21.6. The Bertz CT molecular complexity index is 814. The molecule has 1 aliphatic rings. The third kappa shape index (κ3) is 6.80. The highest BCUT2D eigenvalue weighted by atomic mass is 32.2. The monoisotopic (exact) mass is 426 g/mol. The van der Waals surface area contributed by atoms with Gasteiger partial charge in [-0.15, -0.1) is 0 Å². The lowest BCUT2D eigenvalue weighted by Crippen LogP contribution is -2.48. The predicted octanol–water partition coefficient (Wildman–Crippen LogP) is 1.80. The Morgan fingerprint density at radius 2 is 1.90 bits per heavy atom. The second-order valence-corrected chi connectivity index (χ2v) is 9.65. The number of esters is 1. The van der Waals surface area contributed by atoms with E-state index in [1.807, 2.05) is 27.7 Å². The maximum absolute atomic E-state index is 12.9. The van der Waals surface area contributed by atoms with Gasteiger partial charge >= 0.3 is 5.97 Å². The molecule has 0 aliphatic carbocycles. The molecule has 1 saturated heterocycles. The quantitative estimate of drug-likeness (QED) is 0.636. The number of amides is 1. The van der Waals surface area contributed by atoms with Crippen LogP contribution in [-0.2, 0) is 24.3 Å². The van der Waals surface area contributed by atoms with E-state index < -0.39 is 22.6 Å². The molecule has 1 aromatic carbocycles. The standard InChI is InChI=1S/C20H30N2O6S/c1-14(2)8-9-21-19(23)13-27-20(24)17-6-5-7-18(10-17)29(25,26)22-11-15(3)28-16(4)12-22/h5-7,10,14-16H,8-9,11-13H2,1-4H3,(H,21,23)/t15-,16+. The van der Waals surface area contributed by atoms with Crippen molar-refractivity contribution in [3.05, 3.63) is 29.8 Å². The lowest BCUT2D eigenvalue weighted by molar-refractivity contribution is -0.124. The Balaban J connectivity index is 2.01. The van der Waals surface area contributed by atoms with Crippen LogP contribution in [0.3, 0.4) is 0 Å². The van der Waals surface area contributed by atoms with Gasteiger partial charge in [0.1, 0.15) is 0 Å². The first-order valence-corrected chi connectivity index (χ1v) is 11.2. The van der Waals surface area contributed by atoms with Crippen molar-refractivity contribution in [3.63, 3.8) is 0 Å². The van der Waals surface area contributed by atoms with Crippen molar-refractivity contribution in [2.45, 2.75) is 51.2 Å². The Hall–Kier alpha value is -1.97. The molecule has 9 heteroatoms. The third-order valence-electron chi connectivity index (χ3n) is 4.47. The molecule has 0 bridgehead atoms. The first-order valence-electron chi connectivity index (χ1n) is 9.79. The Kier molecular flexibility index (Phi) is 8.18. The van der Waals surface area contributed by atoms with Crippen molar-refractivity contribution >= 4 is 21.9 Å². The average molecular weight is 427 g/mol. The van der Waals surface area contributed by atoms with Crippen LogP contribution in [0.4, 0.5) is 0 Å². The summed E-state index contributed by atoms with van der Waals surface area (Å²) in [5, 5.41) is 2.68. The van der Waals surface area contributed by atoms with Gasteiger partial charge in [-0.05, 0) is 44.4 Å². The molecule has 29 heavy (non-hydrogen) atoms. The van der Waals surface area contributed by atoms with Crippen LogP contribution in [0.1, 0.15) is 44.5 Å². The zero-order valence-corrected chi connectivity index (χ0v) is 18.2. The molecular weight excluding hydrogens is 396 g/mol. The summed E-state index contributed by atoms with van der Waals surface area (Å²) >= 11 is 0. The molecular formula is C20H30N2O6S. The van der Waals surface area contributed by atoms with Crippen LogP contribution in [0.5, 0.6) is 0 Å². The van der Waals surface area contributed by atoms with Crippen LogP contribution in [0.25, 0.3) is 0 Å². The van der Waals surface area contributed by atoms with Crippen molar-refractivity contribution < 1.29 is 27.5 Å². The zero-order valence-electron chi connectivity index (χ0n) is 17.4. The average Bonchev–Trinajstić information content (AvgIpc) is 2.65. The first kappa shape index (κ1) is 23.3. The first-order chi connectivity index (χ1) is 13.6. The number of nitrogens with zero attached hydrogens (tertiary/aromatic N) is 1. The van der Waals surface area contributed by atoms with Crippen LogP contribution < -0.4 is 5.32 Å². The van der Waals surface area contributed by atoms with Crippen molar-refractivity contribution in [1.82, 2.24) is 9.62 Å². The van der Waals surface area contributed by atoms with Gasteiger partial charge in [-0.2, -0.15) is 4.31 Å². The Labute approximate surface area is 172 Å². The minimum Gasteiger partial charge on any atom is -0.452 e. The smallest absolute Gasteiger partial charge is 0.338 e. The maximum atomic E-state index is 12.9. The van der Waals surface area contributed by atoms with Crippen LogP contribution in [0.2, 0.25) is 0 Å². The summed E-state index contributed by atoms with van der Waals surface area (Å²) in [6, 6.07) is 5.66. The predicted molar refractivity (Wildman–Crippen MR) is 108 cm³/mol. The molecule has 0 aromatic heterocycles. The number of nitrogens with one attached hydrogen (secondary N) is 1. The molecule has 1 amide bonds. The van der Waals surface area contributed by atoms with Gasteiger partial charge in [0, 0.05) is 19.6 Å². The molecule has 0 unspecified atom stereocenters. The minimum atomic E-state index is -3.77. The third-order valence-corrected chi connectivity index (χ3v) is 6.30. The highest BCUT2D eigenvalue weighted by Crippen LogP contribution is 2.22. The normalized spacial score (nSPS) is 20.4. The summed E-state index contributed by atoms with van der Waals surface area (Å²) in [5.41, 5.74) is 0.0791. The summed E-state index contributed by atoms with van der Waals surface area (Å²) in [5.74, 6) is -0.677. The summed E-state index contributed by atoms with van der Waals surface area (Å²) in [4.78, 5) is 24.0. The number of morpholine rings is 1. The fourth-order valence-corrected chi connectivity index (χ4v) is 4.66. The maximum Gasteiger partial charge on any atom is 0.338 e. The molecule has 0 saturated carbocycles. The molecule has 1 aromatic rings. The molecule has 1 aliphatic heterocycles. The van der Waals surface area contributed by atoms with Gasteiger partial charge in [0.15, 0.2) is 6.61 Å². The Morgan fingerprint density at radius 3 is 2.52 bits per heavy atom.